The van der Waals surface area contributed by atoms with Crippen molar-refractivity contribution in [2.45, 2.75) is 11.8 Å². The molecule has 0 amide bonds. The number of nitrogens with zero attached hydrogens (tertiary/aromatic N) is 5. The second kappa shape index (κ2) is 9.60. The molecule has 30 heavy (non-hydrogen) atoms. The van der Waals surface area contributed by atoms with Gasteiger partial charge in [-0.15, -0.1) is 0 Å². The maximum atomic E-state index is 9.30. The van der Waals surface area contributed by atoms with Crippen LogP contribution < -0.4 is 14.2 Å². The minimum absolute atomic E-state index is 0.0862. The molecule has 0 radical (unpaired) electrons. The van der Waals surface area contributed by atoms with Crippen LogP contribution in [0.3, 0.4) is 0 Å². The van der Waals surface area contributed by atoms with Gasteiger partial charge in [-0.25, -0.2) is 0 Å². The monoisotopic (exact) mass is 407 g/mol. The third-order valence-corrected chi connectivity index (χ3v) is 4.53. The van der Waals surface area contributed by atoms with Crippen LogP contribution in [-0.4, -0.2) is 37.5 Å². The highest BCUT2D eigenvalue weighted by atomic mass is 16.6. The molecule has 1 aromatic heterocycles. The van der Waals surface area contributed by atoms with Crippen LogP contribution in [0.4, 0.5) is 0 Å². The molecule has 3 aromatic rings. The topological polar surface area (TPSA) is 111 Å². The maximum Gasteiger partial charge on any atom is 0.323 e. The molecule has 154 valence electrons. The third-order valence-electron chi connectivity index (χ3n) is 4.53. The van der Waals surface area contributed by atoms with Crippen molar-refractivity contribution in [3.8, 4) is 17.8 Å². The Balaban J connectivity index is 2.18. The number of methoxy groups -OCH3 is 3. The van der Waals surface area contributed by atoms with E-state index >= 15 is 0 Å². The predicted molar refractivity (Wildman–Crippen MR) is 109 cm³/mol. The van der Waals surface area contributed by atoms with Crippen molar-refractivity contribution in [1.82, 2.24) is 9.97 Å². The lowest BCUT2D eigenvalue weighted by Gasteiger charge is -2.37. The molecule has 0 fully saturated rings. The molecule has 0 N–H and O–H groups in total. The molecule has 2 aromatic carbocycles. The number of benzene rings is 2. The fourth-order valence-corrected chi connectivity index (χ4v) is 3.14. The molecule has 1 heterocycles. The van der Waals surface area contributed by atoms with Gasteiger partial charge in [-0.05, 0) is 21.8 Å². The Hall–Kier alpha value is -3.81. The lowest BCUT2D eigenvalue weighted by atomic mass is 9.84. The van der Waals surface area contributed by atoms with E-state index in [-0.39, 0.29) is 17.8 Å². The van der Waals surface area contributed by atoms with E-state index in [4.69, 9.17) is 18.9 Å². The lowest BCUT2D eigenvalue weighted by Crippen LogP contribution is -2.45. The van der Waals surface area contributed by atoms with Gasteiger partial charge in [-0.3, -0.25) is 0 Å². The molecule has 9 nitrogen and oxygen atoms in total. The second-order valence-corrected chi connectivity index (χ2v) is 6.08. The predicted octanol–water partition coefficient (Wildman–Crippen LogP) is 4.10. The quantitative estimate of drug-likeness (QED) is 0.300. The average molecular weight is 407 g/mol. The number of ether oxygens (including phenoxy) is 4. The van der Waals surface area contributed by atoms with Gasteiger partial charge < -0.3 is 18.9 Å². The Morgan fingerprint density at radius 1 is 0.867 bits per heavy atom. The summed E-state index contributed by atoms with van der Waals surface area (Å²) in [5, 5.41) is 3.90. The maximum absolute atomic E-state index is 9.30. The molecular weight excluding hydrogens is 386 g/mol. The molecule has 0 unspecified atom stereocenters. The van der Waals surface area contributed by atoms with Crippen molar-refractivity contribution < 1.29 is 18.9 Å². The Morgan fingerprint density at radius 2 is 1.37 bits per heavy atom. The molecule has 3 rings (SSSR count). The fourth-order valence-electron chi connectivity index (χ4n) is 3.14. The van der Waals surface area contributed by atoms with Crippen LogP contribution in [0.5, 0.6) is 17.8 Å². The first-order valence-corrected chi connectivity index (χ1v) is 9.02. The van der Waals surface area contributed by atoms with E-state index in [1.165, 1.54) is 27.4 Å². The van der Waals surface area contributed by atoms with Crippen molar-refractivity contribution in [3.05, 3.63) is 88.3 Å². The van der Waals surface area contributed by atoms with E-state index < -0.39 is 11.8 Å². The van der Waals surface area contributed by atoms with E-state index in [2.05, 4.69) is 20.0 Å². The summed E-state index contributed by atoms with van der Waals surface area (Å²) in [5.74, 6) is 0.470. The summed E-state index contributed by atoms with van der Waals surface area (Å²) in [6.07, 6.45) is -1.19. The van der Waals surface area contributed by atoms with Crippen molar-refractivity contribution in [2.75, 3.05) is 21.3 Å². The highest BCUT2D eigenvalue weighted by Gasteiger charge is 2.44. The standard InChI is InChI=1S/C21H21N5O4/c1-27-17-14-18(28-2)24-20(23-17)30-19(25-26-22)21(29-3,15-10-6-4-7-11-15)16-12-8-5-9-13-16/h4-14,19H,1-3H3/t19-/m1/s1. The number of hydrogen-bond donors (Lipinski definition) is 0. The summed E-state index contributed by atoms with van der Waals surface area (Å²) < 4.78 is 22.3. The van der Waals surface area contributed by atoms with Gasteiger partial charge in [-0.2, -0.15) is 9.97 Å². The first kappa shape index (κ1) is 20.9. The van der Waals surface area contributed by atoms with Crippen LogP contribution in [0.15, 0.2) is 71.8 Å². The van der Waals surface area contributed by atoms with Gasteiger partial charge in [0.25, 0.3) is 0 Å². The number of hydrogen-bond acceptors (Lipinski definition) is 7. The molecular formula is C21H21N5O4. The Kier molecular flexibility index (Phi) is 6.69. The summed E-state index contributed by atoms with van der Waals surface area (Å²) in [6.45, 7) is 0. The number of aromatic nitrogens is 2. The Bertz CT molecular complexity index is 949. The van der Waals surface area contributed by atoms with E-state index in [1.54, 1.807) is 0 Å². The van der Waals surface area contributed by atoms with Crippen molar-refractivity contribution in [2.24, 2.45) is 5.11 Å². The summed E-state index contributed by atoms with van der Waals surface area (Å²) in [7, 11) is 4.45. The van der Waals surface area contributed by atoms with Gasteiger partial charge in [0.15, 0.2) is 5.60 Å². The molecule has 0 saturated heterocycles. The third kappa shape index (κ3) is 4.12. The zero-order valence-electron chi connectivity index (χ0n) is 16.8. The van der Waals surface area contributed by atoms with Crippen LogP contribution >= 0.6 is 0 Å². The molecule has 0 aliphatic rings. The largest absolute Gasteiger partial charge is 0.481 e. The van der Waals surface area contributed by atoms with Crippen LogP contribution in [0.1, 0.15) is 11.1 Å². The number of azide groups is 1. The van der Waals surface area contributed by atoms with E-state index in [1.807, 2.05) is 60.7 Å². The molecule has 0 saturated carbocycles. The van der Waals surface area contributed by atoms with Crippen molar-refractivity contribution in [3.63, 3.8) is 0 Å². The summed E-state index contributed by atoms with van der Waals surface area (Å²) in [4.78, 5) is 11.3. The molecule has 0 aliphatic carbocycles. The zero-order chi connectivity index (χ0) is 21.4. The Morgan fingerprint density at radius 3 is 1.77 bits per heavy atom. The fraction of sp³-hybridized carbons (Fsp3) is 0.238. The van der Waals surface area contributed by atoms with Gasteiger partial charge in [0.2, 0.25) is 18.0 Å². The molecule has 0 aliphatic heterocycles. The average Bonchev–Trinajstić information content (AvgIpc) is 2.81. The molecule has 9 heteroatoms. The summed E-state index contributed by atoms with van der Waals surface area (Å²) >= 11 is 0. The van der Waals surface area contributed by atoms with Crippen LogP contribution in [-0.2, 0) is 10.3 Å². The summed E-state index contributed by atoms with van der Waals surface area (Å²) in [6, 6.07) is 20.1. The first-order valence-electron chi connectivity index (χ1n) is 9.02. The van der Waals surface area contributed by atoms with Crippen LogP contribution in [0.25, 0.3) is 10.4 Å². The van der Waals surface area contributed by atoms with Gasteiger partial charge in [0, 0.05) is 12.0 Å². The minimum Gasteiger partial charge on any atom is -0.481 e. The van der Waals surface area contributed by atoms with E-state index in [9.17, 15) is 5.53 Å². The van der Waals surface area contributed by atoms with Gasteiger partial charge in [-0.1, -0.05) is 60.7 Å². The zero-order valence-corrected chi connectivity index (χ0v) is 16.8. The van der Waals surface area contributed by atoms with E-state index in [0.717, 1.165) is 11.1 Å². The highest BCUT2D eigenvalue weighted by molar-refractivity contribution is 5.38. The van der Waals surface area contributed by atoms with Gasteiger partial charge >= 0.3 is 6.01 Å². The SMILES string of the molecule is COc1cc(OC)nc(O[C@@H](N=[N+]=[N-])C(OC)(c2ccccc2)c2ccccc2)n1. The minimum atomic E-state index is -1.27. The smallest absolute Gasteiger partial charge is 0.323 e. The van der Waals surface area contributed by atoms with Crippen LogP contribution in [0, 0.1) is 0 Å². The van der Waals surface area contributed by atoms with Gasteiger partial charge in [0.1, 0.15) is 0 Å². The highest BCUT2D eigenvalue weighted by Crippen LogP contribution is 2.39. The van der Waals surface area contributed by atoms with Gasteiger partial charge in [0.05, 0.1) is 20.3 Å². The van der Waals surface area contributed by atoms with Crippen LogP contribution in [0.2, 0.25) is 0 Å². The first-order chi connectivity index (χ1) is 14.7. The number of rotatable bonds is 9. The Labute approximate surface area is 173 Å². The second-order valence-electron chi connectivity index (χ2n) is 6.08. The molecule has 0 spiro atoms. The molecule has 0 bridgehead atoms. The lowest BCUT2D eigenvalue weighted by molar-refractivity contribution is -0.0678. The van der Waals surface area contributed by atoms with Crippen molar-refractivity contribution >= 4 is 0 Å². The molecule has 1 atom stereocenters. The normalized spacial score (nSPS) is 11.8. The van der Waals surface area contributed by atoms with Crippen molar-refractivity contribution in [1.29, 1.82) is 0 Å². The van der Waals surface area contributed by atoms with E-state index in [0.29, 0.717) is 0 Å². The summed E-state index contributed by atoms with van der Waals surface area (Å²) in [5.41, 5.74) is 9.49.